The summed E-state index contributed by atoms with van der Waals surface area (Å²) in [4.78, 5) is 4.17. The van der Waals surface area contributed by atoms with E-state index in [2.05, 4.69) is 4.98 Å². The summed E-state index contributed by atoms with van der Waals surface area (Å²) in [6.07, 6.45) is 3.97. The van der Waals surface area contributed by atoms with E-state index in [4.69, 9.17) is 5.73 Å². The fourth-order valence-corrected chi connectivity index (χ4v) is 1.82. The minimum Gasteiger partial charge on any atom is -0.330 e. The fraction of sp³-hybridized carbons (Fsp3) is 0.308. The highest BCUT2D eigenvalue weighted by molar-refractivity contribution is 5.19. The second-order valence-corrected chi connectivity index (χ2v) is 4.37. The van der Waals surface area contributed by atoms with E-state index in [-0.39, 0.29) is 12.6 Å². The molecule has 2 aromatic rings. The zero-order valence-corrected chi connectivity index (χ0v) is 10.1. The molecular weight excluding hydrogens is 236 g/mol. The van der Waals surface area contributed by atoms with Crippen molar-refractivity contribution in [2.75, 3.05) is 0 Å². The molecule has 96 valence electrons. The SMILES string of the molecule is CC(N)Cc1nccn1Cc1cccc(F)c1F. The van der Waals surface area contributed by atoms with Crippen LogP contribution < -0.4 is 5.73 Å². The number of halogens is 2. The summed E-state index contributed by atoms with van der Waals surface area (Å²) >= 11 is 0. The van der Waals surface area contributed by atoms with E-state index in [1.165, 1.54) is 6.07 Å². The van der Waals surface area contributed by atoms with Gasteiger partial charge in [0.25, 0.3) is 0 Å². The van der Waals surface area contributed by atoms with Crippen molar-refractivity contribution in [2.24, 2.45) is 5.73 Å². The molecule has 0 spiro atoms. The van der Waals surface area contributed by atoms with E-state index in [1.807, 2.05) is 6.92 Å². The second kappa shape index (κ2) is 5.27. The molecular formula is C13H15F2N3. The van der Waals surface area contributed by atoms with Gasteiger partial charge in [0.1, 0.15) is 5.82 Å². The largest absolute Gasteiger partial charge is 0.330 e. The average molecular weight is 251 g/mol. The maximum atomic E-state index is 13.6. The summed E-state index contributed by atoms with van der Waals surface area (Å²) in [5.74, 6) is -0.868. The van der Waals surface area contributed by atoms with E-state index in [0.29, 0.717) is 12.0 Å². The molecule has 2 N–H and O–H groups in total. The van der Waals surface area contributed by atoms with Crippen LogP contribution in [0.2, 0.25) is 0 Å². The molecule has 0 aliphatic heterocycles. The van der Waals surface area contributed by atoms with E-state index in [1.54, 1.807) is 23.0 Å². The molecule has 2 rings (SSSR count). The van der Waals surface area contributed by atoms with Gasteiger partial charge in [-0.3, -0.25) is 0 Å². The lowest BCUT2D eigenvalue weighted by atomic mass is 10.2. The molecule has 1 aromatic carbocycles. The number of benzene rings is 1. The molecule has 0 fully saturated rings. The van der Waals surface area contributed by atoms with Gasteiger partial charge in [0.05, 0.1) is 6.54 Å². The van der Waals surface area contributed by atoms with Crippen LogP contribution in [-0.4, -0.2) is 15.6 Å². The molecule has 0 radical (unpaired) electrons. The van der Waals surface area contributed by atoms with Crippen molar-refractivity contribution in [3.8, 4) is 0 Å². The third-order valence-electron chi connectivity index (χ3n) is 2.68. The van der Waals surface area contributed by atoms with Crippen molar-refractivity contribution in [2.45, 2.75) is 25.9 Å². The summed E-state index contributed by atoms with van der Waals surface area (Å²) in [6, 6.07) is 4.14. The van der Waals surface area contributed by atoms with Crippen LogP contribution in [0.4, 0.5) is 8.78 Å². The summed E-state index contributed by atoms with van der Waals surface area (Å²) in [7, 11) is 0. The minimum absolute atomic E-state index is 0.0245. The van der Waals surface area contributed by atoms with E-state index in [0.717, 1.165) is 11.9 Å². The number of rotatable bonds is 4. The smallest absolute Gasteiger partial charge is 0.163 e. The van der Waals surface area contributed by atoms with Crippen LogP contribution in [0.15, 0.2) is 30.6 Å². The highest BCUT2D eigenvalue weighted by Crippen LogP contribution is 2.14. The number of hydrogen-bond donors (Lipinski definition) is 1. The molecule has 0 aliphatic rings. The molecule has 0 amide bonds. The number of hydrogen-bond acceptors (Lipinski definition) is 2. The van der Waals surface area contributed by atoms with Gasteiger partial charge < -0.3 is 10.3 Å². The van der Waals surface area contributed by atoms with Crippen LogP contribution in [0.25, 0.3) is 0 Å². The second-order valence-electron chi connectivity index (χ2n) is 4.37. The molecule has 18 heavy (non-hydrogen) atoms. The molecule has 5 heteroatoms. The molecule has 1 atom stereocenters. The van der Waals surface area contributed by atoms with Crippen molar-refractivity contribution in [1.29, 1.82) is 0 Å². The molecule has 1 heterocycles. The molecule has 0 aliphatic carbocycles. The highest BCUT2D eigenvalue weighted by Gasteiger charge is 2.11. The molecule has 1 aromatic heterocycles. The topological polar surface area (TPSA) is 43.8 Å². The number of imidazole rings is 1. The lowest BCUT2D eigenvalue weighted by Gasteiger charge is -2.10. The lowest BCUT2D eigenvalue weighted by Crippen LogP contribution is -2.21. The standard InChI is InChI=1S/C13H15F2N3/c1-9(16)7-12-17-5-6-18(12)8-10-3-2-4-11(14)13(10)15/h2-6,9H,7-8,16H2,1H3. The molecule has 1 unspecified atom stereocenters. The van der Waals surface area contributed by atoms with E-state index < -0.39 is 11.6 Å². The molecule has 0 saturated heterocycles. The number of nitrogens with zero attached hydrogens (tertiary/aromatic N) is 2. The number of nitrogens with two attached hydrogens (primary N) is 1. The predicted octanol–water partition coefficient (Wildman–Crippen LogP) is 2.10. The Bertz CT molecular complexity index is 535. The monoisotopic (exact) mass is 251 g/mol. The Morgan fingerprint density at radius 1 is 1.39 bits per heavy atom. The normalized spacial score (nSPS) is 12.7. The maximum Gasteiger partial charge on any atom is 0.163 e. The third kappa shape index (κ3) is 2.73. The Morgan fingerprint density at radius 2 is 2.17 bits per heavy atom. The molecule has 0 bridgehead atoms. The van der Waals surface area contributed by atoms with Crippen molar-refractivity contribution >= 4 is 0 Å². The van der Waals surface area contributed by atoms with Crippen molar-refractivity contribution in [1.82, 2.24) is 9.55 Å². The molecule has 3 nitrogen and oxygen atoms in total. The first kappa shape index (κ1) is 12.7. The quantitative estimate of drug-likeness (QED) is 0.904. The predicted molar refractivity (Wildman–Crippen MR) is 65.0 cm³/mol. The average Bonchev–Trinajstić information content (AvgIpc) is 2.72. The first-order chi connectivity index (χ1) is 8.58. The van der Waals surface area contributed by atoms with Crippen molar-refractivity contribution < 1.29 is 8.78 Å². The van der Waals surface area contributed by atoms with Gasteiger partial charge in [-0.05, 0) is 13.0 Å². The summed E-state index contributed by atoms with van der Waals surface area (Å²) in [6.45, 7) is 2.13. The number of aromatic nitrogens is 2. The van der Waals surface area contributed by atoms with Crippen LogP contribution in [0.3, 0.4) is 0 Å². The van der Waals surface area contributed by atoms with Crippen molar-refractivity contribution in [3.05, 3.63) is 53.6 Å². The van der Waals surface area contributed by atoms with E-state index >= 15 is 0 Å². The van der Waals surface area contributed by atoms with Gasteiger partial charge in [-0.25, -0.2) is 13.8 Å². The fourth-order valence-electron chi connectivity index (χ4n) is 1.82. The zero-order valence-electron chi connectivity index (χ0n) is 10.1. The Morgan fingerprint density at radius 3 is 2.89 bits per heavy atom. The summed E-state index contributed by atoms with van der Waals surface area (Å²) < 4.78 is 28.4. The van der Waals surface area contributed by atoms with Gasteiger partial charge in [-0.1, -0.05) is 12.1 Å². The Hall–Kier alpha value is -1.75. The van der Waals surface area contributed by atoms with Gasteiger partial charge in [0, 0.05) is 30.4 Å². The first-order valence-electron chi connectivity index (χ1n) is 5.76. The first-order valence-corrected chi connectivity index (χ1v) is 5.76. The van der Waals surface area contributed by atoms with Crippen LogP contribution in [0, 0.1) is 11.6 Å². The van der Waals surface area contributed by atoms with Crippen molar-refractivity contribution in [3.63, 3.8) is 0 Å². The van der Waals surface area contributed by atoms with Crippen LogP contribution in [-0.2, 0) is 13.0 Å². The minimum atomic E-state index is -0.832. The van der Waals surface area contributed by atoms with Gasteiger partial charge in [0.2, 0.25) is 0 Å². The Balaban J connectivity index is 2.24. The third-order valence-corrected chi connectivity index (χ3v) is 2.68. The molecule has 0 saturated carbocycles. The van der Waals surface area contributed by atoms with Crippen LogP contribution in [0.1, 0.15) is 18.3 Å². The van der Waals surface area contributed by atoms with E-state index in [9.17, 15) is 8.78 Å². The van der Waals surface area contributed by atoms with Crippen LogP contribution in [0.5, 0.6) is 0 Å². The van der Waals surface area contributed by atoms with Gasteiger partial charge in [0.15, 0.2) is 11.6 Å². The summed E-state index contributed by atoms with van der Waals surface area (Å²) in [5, 5.41) is 0. The van der Waals surface area contributed by atoms with Gasteiger partial charge >= 0.3 is 0 Å². The van der Waals surface area contributed by atoms with Gasteiger partial charge in [-0.15, -0.1) is 0 Å². The Labute approximate surface area is 104 Å². The maximum absolute atomic E-state index is 13.6. The Kier molecular flexibility index (Phi) is 3.72. The highest BCUT2D eigenvalue weighted by atomic mass is 19.2. The van der Waals surface area contributed by atoms with Crippen LogP contribution >= 0.6 is 0 Å². The van der Waals surface area contributed by atoms with Gasteiger partial charge in [-0.2, -0.15) is 0 Å². The zero-order chi connectivity index (χ0) is 13.1. The summed E-state index contributed by atoms with van der Waals surface area (Å²) in [5.41, 5.74) is 6.02. The lowest BCUT2D eigenvalue weighted by molar-refractivity contribution is 0.493.